The van der Waals surface area contributed by atoms with Crippen LogP contribution in [-0.2, 0) is 9.59 Å². The normalized spacial score (nSPS) is 16.5. The second-order valence-electron chi connectivity index (χ2n) is 7.38. The quantitative estimate of drug-likeness (QED) is 0.415. The van der Waals surface area contributed by atoms with Gasteiger partial charge in [0.1, 0.15) is 17.4 Å². The zero-order valence-corrected chi connectivity index (χ0v) is 17.4. The number of para-hydroxylation sites is 2. The van der Waals surface area contributed by atoms with Gasteiger partial charge < -0.3 is 10.2 Å². The van der Waals surface area contributed by atoms with Crippen molar-refractivity contribution in [3.8, 4) is 0 Å². The molecule has 2 aromatic carbocycles. The molecule has 0 saturated carbocycles. The Bertz CT molecular complexity index is 994. The lowest BCUT2D eigenvalue weighted by Gasteiger charge is -2.27. The Morgan fingerprint density at radius 2 is 1.77 bits per heavy atom. The lowest BCUT2D eigenvalue weighted by molar-refractivity contribution is -0.483. The molecule has 3 rings (SSSR count). The maximum Gasteiger partial charge on any atom is 0.245 e. The van der Waals surface area contributed by atoms with Crippen LogP contribution in [0.3, 0.4) is 0 Å². The number of nitro groups is 1. The number of rotatable bonds is 7. The zero-order chi connectivity index (χ0) is 22.5. The highest BCUT2D eigenvalue weighted by Gasteiger charge is 2.38. The Kier molecular flexibility index (Phi) is 6.64. The van der Waals surface area contributed by atoms with Gasteiger partial charge in [-0.25, -0.2) is 10.1 Å². The van der Waals surface area contributed by atoms with Gasteiger partial charge in [-0.3, -0.25) is 14.4 Å². The first kappa shape index (κ1) is 21.9. The van der Waals surface area contributed by atoms with E-state index in [9.17, 15) is 24.5 Å². The van der Waals surface area contributed by atoms with E-state index in [1.807, 2.05) is 0 Å². The first-order valence-electron chi connectivity index (χ1n) is 10.0. The van der Waals surface area contributed by atoms with Crippen molar-refractivity contribution in [2.75, 3.05) is 11.6 Å². The number of benzene rings is 2. The summed E-state index contributed by atoms with van der Waals surface area (Å²) in [7, 11) is 0. The van der Waals surface area contributed by atoms with Crippen LogP contribution in [0, 0.1) is 10.1 Å². The van der Waals surface area contributed by atoms with Gasteiger partial charge in [-0.05, 0) is 44.0 Å². The van der Waals surface area contributed by atoms with E-state index < -0.39 is 17.1 Å². The highest BCUT2D eigenvalue weighted by atomic mass is 16.7. The first-order valence-corrected chi connectivity index (χ1v) is 10.0. The third-order valence-electron chi connectivity index (χ3n) is 5.19. The molecule has 9 nitrogen and oxygen atoms in total. The topological polar surface area (TPSA) is 113 Å². The number of carbonyl (C=O) groups is 3. The smallest absolute Gasteiger partial charge is 0.245 e. The first-order chi connectivity index (χ1) is 14.8. The molecular weight excluding hydrogens is 400 g/mol. The molecule has 0 bridgehead atoms. The van der Waals surface area contributed by atoms with Gasteiger partial charge in [0.2, 0.25) is 11.8 Å². The van der Waals surface area contributed by atoms with Gasteiger partial charge in [0.05, 0.1) is 6.04 Å². The van der Waals surface area contributed by atoms with Crippen molar-refractivity contribution in [1.29, 1.82) is 0 Å². The molecule has 0 aliphatic carbocycles. The minimum atomic E-state index is -0.763. The Morgan fingerprint density at radius 1 is 1.13 bits per heavy atom. The maximum absolute atomic E-state index is 13.5. The van der Waals surface area contributed by atoms with E-state index in [4.69, 9.17) is 0 Å². The third kappa shape index (κ3) is 4.71. The summed E-state index contributed by atoms with van der Waals surface area (Å²) < 4.78 is 0. The number of Topliss-reactive ketones (excluding diaryl/α,β-unsaturated/α-hetero) is 1. The number of hydrogen-bond donors (Lipinski definition) is 1. The van der Waals surface area contributed by atoms with E-state index in [1.165, 1.54) is 24.0 Å². The summed E-state index contributed by atoms with van der Waals surface area (Å²) in [5, 5.41) is 14.7. The fraction of sp³-hybridized carbons (Fsp3) is 0.318. The molecule has 0 spiro atoms. The van der Waals surface area contributed by atoms with Crippen molar-refractivity contribution in [3.63, 3.8) is 0 Å². The average molecular weight is 424 g/mol. The molecule has 162 valence electrons. The van der Waals surface area contributed by atoms with Gasteiger partial charge in [-0.2, -0.15) is 0 Å². The van der Waals surface area contributed by atoms with E-state index in [0.717, 1.165) is 5.01 Å². The van der Waals surface area contributed by atoms with Gasteiger partial charge in [0, 0.05) is 19.0 Å². The van der Waals surface area contributed by atoms with Crippen LogP contribution in [0.15, 0.2) is 54.6 Å². The molecule has 2 atom stereocenters. The molecule has 0 unspecified atom stereocenters. The fourth-order valence-electron chi connectivity index (χ4n) is 3.86. The molecule has 0 aromatic heterocycles. The number of likely N-dealkylation sites (tertiary alicyclic amines) is 1. The summed E-state index contributed by atoms with van der Waals surface area (Å²) in [6, 6.07) is 13.1. The number of amides is 2. The van der Waals surface area contributed by atoms with Crippen LogP contribution in [0.1, 0.15) is 37.0 Å². The lowest BCUT2D eigenvalue weighted by Crippen LogP contribution is -2.50. The summed E-state index contributed by atoms with van der Waals surface area (Å²) in [5.74, 6) is -1.05. The summed E-state index contributed by atoms with van der Waals surface area (Å²) in [5.41, 5.74) is 0.615. The van der Waals surface area contributed by atoms with Crippen LogP contribution >= 0.6 is 0 Å². The minimum absolute atomic E-state index is 0.137. The summed E-state index contributed by atoms with van der Waals surface area (Å²) >= 11 is 0. The lowest BCUT2D eigenvalue weighted by atomic mass is 9.99. The SMILES string of the molecule is CC(=O)N[C@@H](C)C(=O)N1CCC[C@H]1C(=O)c1ccccc1N(c1ccccc1)[N+](=O)[O-]. The number of hydrogen-bond acceptors (Lipinski definition) is 5. The van der Waals surface area contributed by atoms with Crippen LogP contribution in [-0.4, -0.2) is 46.2 Å². The molecule has 2 amide bonds. The molecule has 1 heterocycles. The standard InChI is InChI=1S/C22H24N4O5/c1-15(23-16(2)27)22(29)24-14-8-13-20(24)21(28)18-11-6-7-12-19(18)25(26(30)31)17-9-4-3-5-10-17/h3-7,9-12,15,20H,8,13-14H2,1-2H3,(H,23,27)/t15-,20-/m0/s1. The summed E-state index contributed by atoms with van der Waals surface area (Å²) in [6.07, 6.45) is 1.09. The molecule has 31 heavy (non-hydrogen) atoms. The maximum atomic E-state index is 13.5. The second kappa shape index (κ2) is 9.38. The Balaban J connectivity index is 1.94. The van der Waals surface area contributed by atoms with Crippen molar-refractivity contribution in [2.24, 2.45) is 0 Å². The van der Waals surface area contributed by atoms with Crippen molar-refractivity contribution in [3.05, 3.63) is 70.3 Å². The Hall–Kier alpha value is -3.75. The van der Waals surface area contributed by atoms with E-state index in [0.29, 0.717) is 25.1 Å². The molecule has 2 aromatic rings. The monoisotopic (exact) mass is 424 g/mol. The average Bonchev–Trinajstić information content (AvgIpc) is 3.23. The van der Waals surface area contributed by atoms with Gasteiger partial charge in [0.15, 0.2) is 10.8 Å². The summed E-state index contributed by atoms with van der Waals surface area (Å²) in [4.78, 5) is 50.9. The molecule has 9 heteroatoms. The van der Waals surface area contributed by atoms with Gasteiger partial charge in [0.25, 0.3) is 0 Å². The fourth-order valence-corrected chi connectivity index (χ4v) is 3.86. The van der Waals surface area contributed by atoms with Crippen molar-refractivity contribution in [2.45, 2.75) is 38.8 Å². The van der Waals surface area contributed by atoms with Crippen LogP contribution in [0.25, 0.3) is 0 Å². The number of nitrogens with one attached hydrogen (secondary N) is 1. The van der Waals surface area contributed by atoms with Crippen molar-refractivity contribution in [1.82, 2.24) is 10.2 Å². The molecular formula is C22H24N4O5. The molecule has 1 aliphatic heterocycles. The highest BCUT2D eigenvalue weighted by Crippen LogP contribution is 2.31. The number of ketones is 1. The Labute approximate surface area is 179 Å². The van der Waals surface area contributed by atoms with Crippen molar-refractivity contribution < 1.29 is 19.4 Å². The van der Waals surface area contributed by atoms with Gasteiger partial charge in [-0.15, -0.1) is 0 Å². The minimum Gasteiger partial charge on any atom is -0.345 e. The largest absolute Gasteiger partial charge is 0.345 e. The van der Waals surface area contributed by atoms with E-state index in [-0.39, 0.29) is 28.8 Å². The number of carbonyl (C=O) groups excluding carboxylic acids is 3. The molecule has 1 aliphatic rings. The highest BCUT2D eigenvalue weighted by molar-refractivity contribution is 6.07. The predicted octanol–water partition coefficient (Wildman–Crippen LogP) is 2.71. The molecule has 1 fully saturated rings. The third-order valence-corrected chi connectivity index (χ3v) is 5.19. The van der Waals surface area contributed by atoms with Crippen LogP contribution in [0.2, 0.25) is 0 Å². The molecule has 1 saturated heterocycles. The number of anilines is 2. The summed E-state index contributed by atoms with van der Waals surface area (Å²) in [6.45, 7) is 3.28. The van der Waals surface area contributed by atoms with Crippen LogP contribution in [0.4, 0.5) is 11.4 Å². The molecule has 1 N–H and O–H groups in total. The van der Waals surface area contributed by atoms with E-state index in [2.05, 4.69) is 5.32 Å². The van der Waals surface area contributed by atoms with E-state index in [1.54, 1.807) is 49.4 Å². The predicted molar refractivity (Wildman–Crippen MR) is 114 cm³/mol. The van der Waals surface area contributed by atoms with Gasteiger partial charge >= 0.3 is 0 Å². The Morgan fingerprint density at radius 3 is 2.42 bits per heavy atom. The van der Waals surface area contributed by atoms with Crippen molar-refractivity contribution >= 4 is 29.0 Å². The van der Waals surface area contributed by atoms with Gasteiger partial charge in [-0.1, -0.05) is 35.3 Å². The number of hydrazine groups is 1. The zero-order valence-electron chi connectivity index (χ0n) is 17.4. The second-order valence-corrected chi connectivity index (χ2v) is 7.38. The number of nitrogens with zero attached hydrogens (tertiary/aromatic N) is 3. The van der Waals surface area contributed by atoms with Crippen LogP contribution < -0.4 is 10.3 Å². The molecule has 0 radical (unpaired) electrons. The van der Waals surface area contributed by atoms with E-state index >= 15 is 0 Å². The van der Waals surface area contributed by atoms with Crippen LogP contribution in [0.5, 0.6) is 0 Å².